The second-order valence-corrected chi connectivity index (χ2v) is 3.61. The van der Waals surface area contributed by atoms with Crippen LogP contribution in [-0.4, -0.2) is 14.8 Å². The summed E-state index contributed by atoms with van der Waals surface area (Å²) in [5.41, 5.74) is 3.09. The van der Waals surface area contributed by atoms with Crippen LogP contribution in [0.15, 0.2) is 17.9 Å². The van der Waals surface area contributed by atoms with E-state index in [1.165, 1.54) is 11.3 Å². The van der Waals surface area contributed by atoms with Gasteiger partial charge in [-0.2, -0.15) is 10.4 Å². The van der Waals surface area contributed by atoms with Crippen LogP contribution in [0.5, 0.6) is 0 Å². The van der Waals surface area contributed by atoms with E-state index < -0.39 is 0 Å². The van der Waals surface area contributed by atoms with E-state index in [1.54, 1.807) is 16.4 Å². The third kappa shape index (κ3) is 1.40. The number of aryl methyl sites for hydroxylation is 1. The number of hydrogen-bond acceptors (Lipinski definition) is 4. The fourth-order valence-corrected chi connectivity index (χ4v) is 1.83. The SMILES string of the molecule is CCn1cc(-c2cncs2)c(C#N)n1. The molecule has 0 amide bonds. The van der Waals surface area contributed by atoms with E-state index in [0.717, 1.165) is 17.0 Å². The van der Waals surface area contributed by atoms with Crippen LogP contribution in [-0.2, 0) is 6.54 Å². The van der Waals surface area contributed by atoms with E-state index in [4.69, 9.17) is 5.26 Å². The molecule has 0 unspecified atom stereocenters. The lowest BCUT2D eigenvalue weighted by atomic mass is 10.2. The first-order valence-electron chi connectivity index (χ1n) is 4.21. The van der Waals surface area contributed by atoms with Crippen LogP contribution in [0.2, 0.25) is 0 Å². The Morgan fingerprint density at radius 1 is 1.64 bits per heavy atom. The molecule has 2 aromatic rings. The lowest BCUT2D eigenvalue weighted by Gasteiger charge is -1.89. The van der Waals surface area contributed by atoms with Crippen molar-refractivity contribution in [2.45, 2.75) is 13.5 Å². The monoisotopic (exact) mass is 204 g/mol. The summed E-state index contributed by atoms with van der Waals surface area (Å²) in [7, 11) is 0. The van der Waals surface area contributed by atoms with Crippen molar-refractivity contribution in [1.82, 2.24) is 14.8 Å². The first-order valence-corrected chi connectivity index (χ1v) is 5.09. The highest BCUT2D eigenvalue weighted by Crippen LogP contribution is 2.25. The summed E-state index contributed by atoms with van der Waals surface area (Å²) < 4.78 is 1.76. The third-order valence-electron chi connectivity index (χ3n) is 1.89. The zero-order valence-corrected chi connectivity index (χ0v) is 8.45. The van der Waals surface area contributed by atoms with Gasteiger partial charge in [-0.1, -0.05) is 0 Å². The molecule has 0 aromatic carbocycles. The minimum Gasteiger partial charge on any atom is -0.271 e. The molecule has 2 aromatic heterocycles. The maximum atomic E-state index is 8.88. The molecule has 14 heavy (non-hydrogen) atoms. The van der Waals surface area contributed by atoms with E-state index in [0.29, 0.717) is 5.69 Å². The van der Waals surface area contributed by atoms with E-state index >= 15 is 0 Å². The van der Waals surface area contributed by atoms with Crippen LogP contribution >= 0.6 is 11.3 Å². The van der Waals surface area contributed by atoms with Crippen LogP contribution < -0.4 is 0 Å². The zero-order valence-electron chi connectivity index (χ0n) is 7.64. The molecular formula is C9H8N4S. The van der Waals surface area contributed by atoms with Crippen molar-refractivity contribution in [3.8, 4) is 16.5 Å². The van der Waals surface area contributed by atoms with Crippen molar-refractivity contribution in [3.05, 3.63) is 23.6 Å². The topological polar surface area (TPSA) is 54.5 Å². The molecule has 0 N–H and O–H groups in total. The summed E-state index contributed by atoms with van der Waals surface area (Å²) in [4.78, 5) is 4.97. The molecule has 0 spiro atoms. The van der Waals surface area contributed by atoms with Crippen LogP contribution in [0, 0.1) is 11.3 Å². The molecule has 0 aliphatic rings. The van der Waals surface area contributed by atoms with E-state index in [1.807, 2.05) is 13.1 Å². The molecule has 2 heterocycles. The Hall–Kier alpha value is -1.67. The number of nitriles is 1. The number of aromatic nitrogens is 3. The van der Waals surface area contributed by atoms with Crippen molar-refractivity contribution in [2.24, 2.45) is 0 Å². The molecule has 70 valence electrons. The Kier molecular flexibility index (Phi) is 2.29. The van der Waals surface area contributed by atoms with Crippen molar-refractivity contribution in [1.29, 1.82) is 5.26 Å². The average molecular weight is 204 g/mol. The van der Waals surface area contributed by atoms with E-state index in [-0.39, 0.29) is 0 Å². The summed E-state index contributed by atoms with van der Waals surface area (Å²) in [6.07, 6.45) is 3.63. The summed E-state index contributed by atoms with van der Waals surface area (Å²) >= 11 is 1.51. The zero-order chi connectivity index (χ0) is 9.97. The van der Waals surface area contributed by atoms with Gasteiger partial charge in [0.15, 0.2) is 5.69 Å². The highest BCUT2D eigenvalue weighted by molar-refractivity contribution is 7.13. The van der Waals surface area contributed by atoms with Crippen LogP contribution in [0.1, 0.15) is 12.6 Å². The van der Waals surface area contributed by atoms with Gasteiger partial charge < -0.3 is 0 Å². The van der Waals surface area contributed by atoms with Crippen LogP contribution in [0.4, 0.5) is 0 Å². The Morgan fingerprint density at radius 3 is 3.07 bits per heavy atom. The fraction of sp³-hybridized carbons (Fsp3) is 0.222. The lowest BCUT2D eigenvalue weighted by molar-refractivity contribution is 0.657. The van der Waals surface area contributed by atoms with Gasteiger partial charge >= 0.3 is 0 Å². The van der Waals surface area contributed by atoms with Gasteiger partial charge in [0.1, 0.15) is 6.07 Å². The summed E-state index contributed by atoms with van der Waals surface area (Å²) in [6, 6.07) is 2.09. The first-order chi connectivity index (χ1) is 6.85. The van der Waals surface area contributed by atoms with Gasteiger partial charge in [0, 0.05) is 24.5 Å². The average Bonchev–Trinajstić information content (AvgIpc) is 2.85. The Balaban J connectivity index is 2.53. The second kappa shape index (κ2) is 3.60. The molecule has 4 nitrogen and oxygen atoms in total. The maximum Gasteiger partial charge on any atom is 0.171 e. The molecule has 0 bridgehead atoms. The quantitative estimate of drug-likeness (QED) is 0.750. The number of rotatable bonds is 2. The van der Waals surface area contributed by atoms with Crippen LogP contribution in [0.25, 0.3) is 10.4 Å². The summed E-state index contributed by atoms with van der Waals surface area (Å²) in [5.74, 6) is 0. The Bertz CT molecular complexity index is 463. The Labute approximate surface area is 85.4 Å². The van der Waals surface area contributed by atoms with Gasteiger partial charge in [0.05, 0.1) is 10.4 Å². The first kappa shape index (κ1) is 8.91. The molecule has 2 rings (SSSR count). The van der Waals surface area contributed by atoms with Gasteiger partial charge in [-0.3, -0.25) is 9.67 Å². The second-order valence-electron chi connectivity index (χ2n) is 2.72. The Morgan fingerprint density at radius 2 is 2.50 bits per heavy atom. The van der Waals surface area contributed by atoms with Gasteiger partial charge in [-0.15, -0.1) is 11.3 Å². The van der Waals surface area contributed by atoms with Crippen LogP contribution in [0.3, 0.4) is 0 Å². The summed E-state index contributed by atoms with van der Waals surface area (Å²) in [6.45, 7) is 2.76. The molecule has 0 radical (unpaired) electrons. The predicted octanol–water partition coefficient (Wildman–Crippen LogP) is 1.90. The van der Waals surface area contributed by atoms with Crippen molar-refractivity contribution in [3.63, 3.8) is 0 Å². The lowest BCUT2D eigenvalue weighted by Crippen LogP contribution is -1.93. The van der Waals surface area contributed by atoms with Gasteiger partial charge in [-0.25, -0.2) is 0 Å². The molecule has 0 saturated carbocycles. The minimum absolute atomic E-state index is 0.469. The van der Waals surface area contributed by atoms with E-state index in [2.05, 4.69) is 16.2 Å². The van der Waals surface area contributed by atoms with Gasteiger partial charge in [-0.05, 0) is 6.92 Å². The standard InChI is InChI=1S/C9H8N4S/c1-2-13-5-7(8(3-10)12-13)9-4-11-6-14-9/h4-6H,2H2,1H3. The fourth-order valence-electron chi connectivity index (χ4n) is 1.20. The van der Waals surface area contributed by atoms with Crippen molar-refractivity contribution < 1.29 is 0 Å². The molecule has 0 aliphatic carbocycles. The molecule has 0 saturated heterocycles. The van der Waals surface area contributed by atoms with Crippen molar-refractivity contribution in [2.75, 3.05) is 0 Å². The number of thiazole rings is 1. The molecule has 5 heteroatoms. The highest BCUT2D eigenvalue weighted by Gasteiger charge is 2.10. The van der Waals surface area contributed by atoms with Gasteiger partial charge in [0.25, 0.3) is 0 Å². The molecule has 0 aliphatic heterocycles. The molecule has 0 atom stereocenters. The van der Waals surface area contributed by atoms with Crippen molar-refractivity contribution >= 4 is 11.3 Å². The van der Waals surface area contributed by atoms with E-state index in [9.17, 15) is 0 Å². The number of hydrogen-bond donors (Lipinski definition) is 0. The predicted molar refractivity (Wildman–Crippen MR) is 53.7 cm³/mol. The summed E-state index contributed by atoms with van der Waals surface area (Å²) in [5, 5.41) is 13.0. The minimum atomic E-state index is 0.469. The molecule has 0 fully saturated rings. The third-order valence-corrected chi connectivity index (χ3v) is 2.70. The molecular weight excluding hydrogens is 196 g/mol. The maximum absolute atomic E-state index is 8.88. The smallest absolute Gasteiger partial charge is 0.171 e. The van der Waals surface area contributed by atoms with Gasteiger partial charge in [0.2, 0.25) is 0 Å². The highest BCUT2D eigenvalue weighted by atomic mass is 32.1. The number of nitrogens with zero attached hydrogens (tertiary/aromatic N) is 4. The normalized spacial score (nSPS) is 10.0. The largest absolute Gasteiger partial charge is 0.271 e.